The highest BCUT2D eigenvalue weighted by molar-refractivity contribution is 9.10. The smallest absolute Gasteiger partial charge is 0.166 e. The van der Waals surface area contributed by atoms with Crippen LogP contribution in [-0.4, -0.2) is 35.1 Å². The molecule has 18 heavy (non-hydrogen) atoms. The molecule has 0 radical (unpaired) electrons. The molecule has 1 N–H and O–H groups in total. The largest absolute Gasteiger partial charge is 0.365 e. The summed E-state index contributed by atoms with van der Waals surface area (Å²) in [5.41, 5.74) is 0. The number of hydrogen-bond acceptors (Lipinski definition) is 3. The van der Waals surface area contributed by atoms with Crippen molar-refractivity contribution in [3.63, 3.8) is 0 Å². The van der Waals surface area contributed by atoms with Crippen molar-refractivity contribution in [2.24, 2.45) is 0 Å². The summed E-state index contributed by atoms with van der Waals surface area (Å²) in [4.78, 5) is 6.67. The number of rotatable bonds is 2. The van der Waals surface area contributed by atoms with Crippen molar-refractivity contribution in [3.05, 3.63) is 22.6 Å². The molecule has 5 heteroatoms. The first-order valence-corrected chi connectivity index (χ1v) is 7.33. The molecule has 0 aromatic carbocycles. The van der Waals surface area contributed by atoms with E-state index in [4.69, 9.17) is 0 Å². The molecule has 1 aromatic rings. The summed E-state index contributed by atoms with van der Waals surface area (Å²) in [7, 11) is 0. The summed E-state index contributed by atoms with van der Waals surface area (Å²) >= 11 is 3.22. The Morgan fingerprint density at radius 3 is 3.11 bits per heavy atom. The van der Waals surface area contributed by atoms with Crippen LogP contribution in [0.15, 0.2) is 16.7 Å². The van der Waals surface area contributed by atoms with Crippen LogP contribution < -0.4 is 5.32 Å². The number of hydrogen-bond donors (Lipinski definition) is 1. The minimum Gasteiger partial charge on any atom is -0.365 e. The van der Waals surface area contributed by atoms with Crippen molar-refractivity contribution in [2.45, 2.75) is 37.8 Å². The zero-order chi connectivity index (χ0) is 12.5. The predicted molar refractivity (Wildman–Crippen MR) is 73.1 cm³/mol. The second-order valence-electron chi connectivity index (χ2n) is 5.18. The molecule has 0 aliphatic carbocycles. The number of nitrogens with one attached hydrogen (secondary N) is 1. The van der Waals surface area contributed by atoms with E-state index in [0.717, 1.165) is 19.4 Å². The van der Waals surface area contributed by atoms with E-state index in [9.17, 15) is 4.39 Å². The Morgan fingerprint density at radius 2 is 2.28 bits per heavy atom. The molecule has 2 atom stereocenters. The second kappa shape index (κ2) is 5.13. The van der Waals surface area contributed by atoms with Crippen LogP contribution >= 0.6 is 15.9 Å². The Labute approximate surface area is 115 Å². The van der Waals surface area contributed by atoms with Gasteiger partial charge in [-0.2, -0.15) is 0 Å². The molecule has 2 fully saturated rings. The van der Waals surface area contributed by atoms with Crippen LogP contribution in [0.1, 0.15) is 25.7 Å². The average molecular weight is 314 g/mol. The van der Waals surface area contributed by atoms with E-state index in [2.05, 4.69) is 31.1 Å². The monoisotopic (exact) mass is 313 g/mol. The highest BCUT2D eigenvalue weighted by Crippen LogP contribution is 2.28. The van der Waals surface area contributed by atoms with Crippen molar-refractivity contribution in [3.8, 4) is 0 Å². The topological polar surface area (TPSA) is 28.2 Å². The minimum atomic E-state index is -0.279. The maximum Gasteiger partial charge on any atom is 0.166 e. The number of anilines is 1. The molecule has 2 unspecified atom stereocenters. The van der Waals surface area contributed by atoms with Gasteiger partial charge in [-0.3, -0.25) is 0 Å². The van der Waals surface area contributed by atoms with Crippen molar-refractivity contribution in [1.82, 2.24) is 9.88 Å². The molecule has 2 aliphatic rings. The summed E-state index contributed by atoms with van der Waals surface area (Å²) in [6, 6.07) is 2.50. The van der Waals surface area contributed by atoms with Gasteiger partial charge in [-0.25, -0.2) is 9.37 Å². The molecule has 0 amide bonds. The molecule has 3 rings (SSSR count). The molecule has 1 aromatic heterocycles. The summed E-state index contributed by atoms with van der Waals surface area (Å²) < 4.78 is 14.4. The Kier molecular flexibility index (Phi) is 3.52. The molecule has 98 valence electrons. The molecular weight excluding hydrogens is 297 g/mol. The molecule has 3 heterocycles. The summed E-state index contributed by atoms with van der Waals surface area (Å²) in [6.45, 7) is 2.36. The van der Waals surface area contributed by atoms with E-state index < -0.39 is 0 Å². The van der Waals surface area contributed by atoms with Crippen LogP contribution in [-0.2, 0) is 0 Å². The van der Waals surface area contributed by atoms with Gasteiger partial charge in [-0.15, -0.1) is 0 Å². The fourth-order valence-corrected chi connectivity index (χ4v) is 3.37. The molecular formula is C13H17BrFN3. The third kappa shape index (κ3) is 2.52. The summed E-state index contributed by atoms with van der Waals surface area (Å²) in [6.07, 6.45) is 6.41. The highest BCUT2D eigenvalue weighted by atomic mass is 79.9. The summed E-state index contributed by atoms with van der Waals surface area (Å²) in [5, 5.41) is 3.26. The van der Waals surface area contributed by atoms with Crippen LogP contribution in [0.3, 0.4) is 0 Å². The maximum absolute atomic E-state index is 13.7. The molecule has 3 nitrogen and oxygen atoms in total. The Hall–Kier alpha value is -0.680. The van der Waals surface area contributed by atoms with Crippen LogP contribution in [0.2, 0.25) is 0 Å². The Bertz CT molecular complexity index is 440. The molecule has 0 bridgehead atoms. The summed E-state index contributed by atoms with van der Waals surface area (Å²) in [5.74, 6) is 0.105. The molecule has 0 spiro atoms. The number of nitrogens with zero attached hydrogens (tertiary/aromatic N) is 2. The van der Waals surface area contributed by atoms with Gasteiger partial charge in [0, 0.05) is 29.3 Å². The van der Waals surface area contributed by atoms with Gasteiger partial charge in [0.1, 0.15) is 0 Å². The van der Waals surface area contributed by atoms with E-state index in [1.807, 2.05) is 0 Å². The van der Waals surface area contributed by atoms with Crippen molar-refractivity contribution < 1.29 is 4.39 Å². The number of fused-ring (bicyclic) bond motifs is 1. The lowest BCUT2D eigenvalue weighted by atomic mass is 9.97. The Balaban J connectivity index is 1.66. The lowest BCUT2D eigenvalue weighted by molar-refractivity contribution is 0.188. The standard InChI is InChI=1S/C13H17BrFN3/c14-9-6-12(15)13(16-8-9)17-10-3-5-18-4-1-2-11(18)7-10/h6,8,10-11H,1-5,7H2,(H,16,17). The average Bonchev–Trinajstić information content (AvgIpc) is 2.80. The van der Waals surface area contributed by atoms with Crippen LogP contribution in [0.5, 0.6) is 0 Å². The van der Waals surface area contributed by atoms with E-state index in [1.54, 1.807) is 6.20 Å². The number of pyridine rings is 1. The van der Waals surface area contributed by atoms with E-state index in [1.165, 1.54) is 25.5 Å². The predicted octanol–water partition coefficient (Wildman–Crippen LogP) is 3.02. The van der Waals surface area contributed by atoms with Crippen LogP contribution in [0.25, 0.3) is 0 Å². The lowest BCUT2D eigenvalue weighted by Gasteiger charge is -2.35. The van der Waals surface area contributed by atoms with Crippen LogP contribution in [0.4, 0.5) is 10.2 Å². The molecule has 2 saturated heterocycles. The van der Waals surface area contributed by atoms with Crippen molar-refractivity contribution in [1.29, 1.82) is 0 Å². The third-order valence-electron chi connectivity index (χ3n) is 3.97. The van der Waals surface area contributed by atoms with Gasteiger partial charge < -0.3 is 10.2 Å². The maximum atomic E-state index is 13.7. The Morgan fingerprint density at radius 1 is 1.39 bits per heavy atom. The molecule has 0 saturated carbocycles. The van der Waals surface area contributed by atoms with E-state index >= 15 is 0 Å². The van der Waals surface area contributed by atoms with Gasteiger partial charge >= 0.3 is 0 Å². The van der Waals surface area contributed by atoms with Gasteiger partial charge in [0.25, 0.3) is 0 Å². The normalized spacial score (nSPS) is 28.1. The third-order valence-corrected chi connectivity index (χ3v) is 4.40. The zero-order valence-electron chi connectivity index (χ0n) is 10.2. The van der Waals surface area contributed by atoms with Gasteiger partial charge in [0.2, 0.25) is 0 Å². The van der Waals surface area contributed by atoms with E-state index in [0.29, 0.717) is 22.4 Å². The van der Waals surface area contributed by atoms with Gasteiger partial charge in [-0.1, -0.05) is 0 Å². The SMILES string of the molecule is Fc1cc(Br)cnc1NC1CCN2CCCC2C1. The van der Waals surface area contributed by atoms with E-state index in [-0.39, 0.29) is 5.82 Å². The first-order chi connectivity index (χ1) is 8.72. The molecule has 2 aliphatic heterocycles. The van der Waals surface area contributed by atoms with Crippen LogP contribution in [0, 0.1) is 5.82 Å². The fraction of sp³-hybridized carbons (Fsp3) is 0.615. The van der Waals surface area contributed by atoms with Gasteiger partial charge in [0.15, 0.2) is 11.6 Å². The lowest BCUT2D eigenvalue weighted by Crippen LogP contribution is -2.43. The first-order valence-electron chi connectivity index (χ1n) is 6.54. The minimum absolute atomic E-state index is 0.279. The first kappa shape index (κ1) is 12.4. The zero-order valence-corrected chi connectivity index (χ0v) is 11.8. The fourth-order valence-electron chi connectivity index (χ4n) is 3.07. The van der Waals surface area contributed by atoms with Gasteiger partial charge in [0.05, 0.1) is 0 Å². The highest BCUT2D eigenvalue weighted by Gasteiger charge is 2.31. The number of aromatic nitrogens is 1. The second-order valence-corrected chi connectivity index (χ2v) is 6.10. The van der Waals surface area contributed by atoms with Crippen molar-refractivity contribution in [2.75, 3.05) is 18.4 Å². The quantitative estimate of drug-likeness (QED) is 0.909. The van der Waals surface area contributed by atoms with Gasteiger partial charge in [-0.05, 0) is 54.2 Å². The number of halogens is 2. The van der Waals surface area contributed by atoms with Crippen molar-refractivity contribution >= 4 is 21.7 Å². The number of piperidine rings is 1.